The Morgan fingerprint density at radius 2 is 2.39 bits per heavy atom. The number of aromatic nitrogens is 1. The van der Waals surface area contributed by atoms with Gasteiger partial charge in [-0.15, -0.1) is 0 Å². The van der Waals surface area contributed by atoms with E-state index in [-0.39, 0.29) is 23.3 Å². The second-order valence-corrected chi connectivity index (χ2v) is 6.49. The normalized spacial score (nSPS) is 19.9. The van der Waals surface area contributed by atoms with Crippen molar-refractivity contribution in [1.82, 2.24) is 4.98 Å². The molecule has 1 atom stereocenters. The molecule has 1 N–H and O–H groups in total. The van der Waals surface area contributed by atoms with E-state index in [2.05, 4.69) is 4.98 Å². The first-order valence-corrected chi connectivity index (χ1v) is 7.69. The van der Waals surface area contributed by atoms with E-state index in [4.69, 9.17) is 20.2 Å². The molecule has 1 aromatic rings. The number of esters is 1. The van der Waals surface area contributed by atoms with E-state index >= 15 is 0 Å². The van der Waals surface area contributed by atoms with Gasteiger partial charge < -0.3 is 14.5 Å². The maximum absolute atomic E-state index is 11.6. The van der Waals surface area contributed by atoms with E-state index in [9.17, 15) is 13.2 Å². The van der Waals surface area contributed by atoms with Gasteiger partial charge in [-0.25, -0.2) is 13.2 Å². The molecular weight excluding hydrogens is 282 g/mol. The molecule has 2 heterocycles. The van der Waals surface area contributed by atoms with Crippen LogP contribution in [0.15, 0.2) is 17.2 Å². The number of hydrogen-bond donors (Lipinski definition) is 1. The molecule has 18 heavy (non-hydrogen) atoms. The van der Waals surface area contributed by atoms with Crippen molar-refractivity contribution in [3.05, 3.63) is 18.0 Å². The van der Waals surface area contributed by atoms with Crippen LogP contribution < -0.4 is 0 Å². The van der Waals surface area contributed by atoms with Gasteiger partial charge in [-0.05, 0) is 18.9 Å². The first-order valence-electron chi connectivity index (χ1n) is 5.38. The van der Waals surface area contributed by atoms with E-state index < -0.39 is 15.0 Å². The van der Waals surface area contributed by atoms with Crippen molar-refractivity contribution in [2.45, 2.75) is 23.8 Å². The molecule has 1 saturated heterocycles. The molecule has 1 unspecified atom stereocenters. The van der Waals surface area contributed by atoms with Crippen LogP contribution in [0.1, 0.15) is 23.3 Å². The molecule has 0 spiro atoms. The van der Waals surface area contributed by atoms with Crippen molar-refractivity contribution in [2.24, 2.45) is 0 Å². The predicted molar refractivity (Wildman–Crippen MR) is 63.1 cm³/mol. The zero-order valence-electron chi connectivity index (χ0n) is 9.39. The summed E-state index contributed by atoms with van der Waals surface area (Å²) in [6, 6.07) is 1.14. The summed E-state index contributed by atoms with van der Waals surface area (Å²) >= 11 is 0. The van der Waals surface area contributed by atoms with Gasteiger partial charge >= 0.3 is 5.97 Å². The number of hydrogen-bond acceptors (Lipinski definition) is 5. The van der Waals surface area contributed by atoms with Gasteiger partial charge in [0.2, 0.25) is 0 Å². The Labute approximate surface area is 109 Å². The molecular formula is C10H12ClNO5S. The number of H-pyrrole nitrogens is 1. The van der Waals surface area contributed by atoms with Crippen molar-refractivity contribution in [3.63, 3.8) is 0 Å². The lowest BCUT2D eigenvalue weighted by Crippen LogP contribution is -2.18. The minimum atomic E-state index is -3.84. The van der Waals surface area contributed by atoms with Crippen LogP contribution in [0.25, 0.3) is 0 Å². The van der Waals surface area contributed by atoms with Gasteiger partial charge in [0, 0.05) is 23.5 Å². The summed E-state index contributed by atoms with van der Waals surface area (Å²) in [4.78, 5) is 13.9. The largest absolute Gasteiger partial charge is 0.458 e. The van der Waals surface area contributed by atoms with Crippen molar-refractivity contribution in [2.75, 3.05) is 13.2 Å². The molecule has 1 aliphatic rings. The molecule has 0 aliphatic carbocycles. The highest BCUT2D eigenvalue weighted by molar-refractivity contribution is 8.13. The molecule has 1 aliphatic heterocycles. The van der Waals surface area contributed by atoms with Gasteiger partial charge in [0.25, 0.3) is 9.05 Å². The lowest BCUT2D eigenvalue weighted by atomic mass is 10.2. The molecule has 100 valence electrons. The number of ether oxygens (including phenoxy) is 2. The average Bonchev–Trinajstić information content (AvgIpc) is 2.96. The summed E-state index contributed by atoms with van der Waals surface area (Å²) < 4.78 is 32.3. The molecule has 0 bridgehead atoms. The summed E-state index contributed by atoms with van der Waals surface area (Å²) in [6.45, 7) is 0.847. The van der Waals surface area contributed by atoms with Crippen LogP contribution in [0.3, 0.4) is 0 Å². The fourth-order valence-corrected chi connectivity index (χ4v) is 2.38. The zero-order chi connectivity index (χ0) is 13.2. The van der Waals surface area contributed by atoms with Gasteiger partial charge in [0.15, 0.2) is 0 Å². The summed E-state index contributed by atoms with van der Waals surface area (Å²) in [5.41, 5.74) is 0.0484. The third-order valence-corrected chi connectivity index (χ3v) is 3.92. The van der Waals surface area contributed by atoms with Crippen LogP contribution in [0, 0.1) is 0 Å². The van der Waals surface area contributed by atoms with Gasteiger partial charge in [0.1, 0.15) is 17.2 Å². The topological polar surface area (TPSA) is 85.5 Å². The molecule has 1 aromatic heterocycles. The number of halogens is 1. The number of aromatic amines is 1. The fraction of sp³-hybridized carbons (Fsp3) is 0.500. The van der Waals surface area contributed by atoms with Gasteiger partial charge in [0.05, 0.1) is 6.10 Å². The van der Waals surface area contributed by atoms with Crippen LogP contribution in [0.5, 0.6) is 0 Å². The van der Waals surface area contributed by atoms with E-state index in [1.54, 1.807) is 0 Å². The number of nitrogens with one attached hydrogen (secondary N) is 1. The minimum Gasteiger partial charge on any atom is -0.458 e. The van der Waals surface area contributed by atoms with Crippen LogP contribution in [-0.2, 0) is 18.5 Å². The summed E-state index contributed by atoms with van der Waals surface area (Å²) in [7, 11) is 1.30. The van der Waals surface area contributed by atoms with Crippen LogP contribution >= 0.6 is 10.7 Å². The highest BCUT2D eigenvalue weighted by Gasteiger charge is 2.20. The monoisotopic (exact) mass is 293 g/mol. The quantitative estimate of drug-likeness (QED) is 0.667. The van der Waals surface area contributed by atoms with Crippen molar-refractivity contribution in [1.29, 1.82) is 0 Å². The van der Waals surface area contributed by atoms with Gasteiger partial charge in [-0.2, -0.15) is 0 Å². The van der Waals surface area contributed by atoms with E-state index in [1.165, 1.54) is 0 Å². The molecule has 1 fully saturated rings. The van der Waals surface area contributed by atoms with E-state index in [1.807, 2.05) is 0 Å². The Hall–Kier alpha value is -1.05. The third kappa shape index (κ3) is 3.24. The second-order valence-electron chi connectivity index (χ2n) is 3.92. The molecule has 2 rings (SSSR count). The SMILES string of the molecule is O=C(OCC1CCCO1)c1cc(S(=O)(=O)Cl)c[nH]1. The van der Waals surface area contributed by atoms with Gasteiger partial charge in [-0.3, -0.25) is 0 Å². The molecule has 0 amide bonds. The minimum absolute atomic E-state index is 0.0484. The van der Waals surface area contributed by atoms with E-state index in [0.29, 0.717) is 6.61 Å². The maximum Gasteiger partial charge on any atom is 0.354 e. The van der Waals surface area contributed by atoms with Crippen molar-refractivity contribution < 1.29 is 22.7 Å². The van der Waals surface area contributed by atoms with Crippen LogP contribution in [-0.4, -0.2) is 38.7 Å². The first kappa shape index (κ1) is 13.4. The smallest absolute Gasteiger partial charge is 0.354 e. The van der Waals surface area contributed by atoms with E-state index in [0.717, 1.165) is 25.1 Å². The lowest BCUT2D eigenvalue weighted by molar-refractivity contribution is 0.0157. The second kappa shape index (κ2) is 5.29. The number of carbonyl (C=O) groups excluding carboxylic acids is 1. The molecule has 6 nitrogen and oxygen atoms in total. The van der Waals surface area contributed by atoms with Crippen LogP contribution in [0.4, 0.5) is 0 Å². The molecule has 0 saturated carbocycles. The highest BCUT2D eigenvalue weighted by atomic mass is 35.7. The molecule has 0 radical (unpaired) electrons. The molecule has 0 aromatic carbocycles. The predicted octanol–water partition coefficient (Wildman–Crippen LogP) is 1.28. The number of rotatable bonds is 4. The highest BCUT2D eigenvalue weighted by Crippen LogP contribution is 2.17. The Bertz CT molecular complexity index is 532. The summed E-state index contributed by atoms with van der Waals surface area (Å²) in [6.07, 6.45) is 2.89. The van der Waals surface area contributed by atoms with Gasteiger partial charge in [-0.1, -0.05) is 0 Å². The van der Waals surface area contributed by atoms with Crippen molar-refractivity contribution >= 4 is 25.7 Å². The van der Waals surface area contributed by atoms with Crippen LogP contribution in [0.2, 0.25) is 0 Å². The summed E-state index contributed by atoms with van der Waals surface area (Å²) in [5.74, 6) is -0.628. The Balaban J connectivity index is 1.94. The molecule has 8 heteroatoms. The maximum atomic E-state index is 11.6. The number of carbonyl (C=O) groups is 1. The zero-order valence-corrected chi connectivity index (χ0v) is 11.0. The first-order chi connectivity index (χ1) is 8.47. The van der Waals surface area contributed by atoms with Crippen molar-refractivity contribution in [3.8, 4) is 0 Å². The fourth-order valence-electron chi connectivity index (χ4n) is 1.66. The average molecular weight is 294 g/mol. The Morgan fingerprint density at radius 3 is 2.94 bits per heavy atom. The standard InChI is InChI=1S/C10H12ClNO5S/c11-18(14,15)8-4-9(12-5-8)10(13)17-6-7-2-1-3-16-7/h4-5,7,12H,1-3,6H2. The summed E-state index contributed by atoms with van der Waals surface area (Å²) in [5, 5.41) is 0. The lowest BCUT2D eigenvalue weighted by Gasteiger charge is -2.09. The Morgan fingerprint density at radius 1 is 1.61 bits per heavy atom. The third-order valence-electron chi connectivity index (χ3n) is 2.58. The Kier molecular flexibility index (Phi) is 3.94.